The lowest BCUT2D eigenvalue weighted by Gasteiger charge is -2.33. The highest BCUT2D eigenvalue weighted by atomic mass is 32.2. The van der Waals surface area contributed by atoms with Crippen LogP contribution in [-0.4, -0.2) is 43.9 Å². The average Bonchev–Trinajstić information content (AvgIpc) is 2.94. The number of piperazine rings is 1. The third-order valence-corrected chi connectivity index (χ3v) is 6.42. The first kappa shape index (κ1) is 15.4. The molecule has 5 nitrogen and oxygen atoms in total. The third kappa shape index (κ3) is 2.99. The molecule has 1 aromatic carbocycles. The van der Waals surface area contributed by atoms with Gasteiger partial charge in [-0.05, 0) is 25.1 Å². The van der Waals surface area contributed by atoms with Crippen molar-refractivity contribution < 1.29 is 12.8 Å². The molecule has 1 aliphatic rings. The highest BCUT2D eigenvalue weighted by Crippen LogP contribution is 2.24. The molecule has 0 atom stereocenters. The maximum atomic E-state index is 13.3. The Bertz CT molecular complexity index is 768. The first-order chi connectivity index (χ1) is 10.5. The van der Waals surface area contributed by atoms with Crippen LogP contribution in [-0.2, 0) is 10.0 Å². The zero-order chi connectivity index (χ0) is 15.7. The lowest BCUT2D eigenvalue weighted by Crippen LogP contribution is -2.48. The van der Waals surface area contributed by atoms with E-state index in [1.807, 2.05) is 13.1 Å². The normalized spacial score (nSPS) is 16.9. The fourth-order valence-electron chi connectivity index (χ4n) is 2.39. The second-order valence-corrected chi connectivity index (χ2v) is 8.25. The largest absolute Gasteiger partial charge is 0.345 e. The Labute approximate surface area is 133 Å². The molecule has 8 heteroatoms. The average molecular weight is 341 g/mol. The lowest BCUT2D eigenvalue weighted by molar-refractivity contribution is 0.384. The summed E-state index contributed by atoms with van der Waals surface area (Å²) in [7, 11) is -3.64. The number of aromatic nitrogens is 1. The van der Waals surface area contributed by atoms with Crippen molar-refractivity contribution in [1.82, 2.24) is 9.29 Å². The zero-order valence-electron chi connectivity index (χ0n) is 12.1. The molecule has 0 N–H and O–H groups in total. The van der Waals surface area contributed by atoms with E-state index >= 15 is 0 Å². The van der Waals surface area contributed by atoms with Crippen LogP contribution in [0.1, 0.15) is 4.88 Å². The molecule has 0 aliphatic carbocycles. The highest BCUT2D eigenvalue weighted by molar-refractivity contribution is 7.89. The zero-order valence-corrected chi connectivity index (χ0v) is 13.7. The van der Waals surface area contributed by atoms with Gasteiger partial charge in [-0.15, -0.1) is 11.3 Å². The second-order valence-electron chi connectivity index (χ2n) is 5.10. The number of nitrogens with zero attached hydrogens (tertiary/aromatic N) is 3. The van der Waals surface area contributed by atoms with E-state index in [0.29, 0.717) is 26.2 Å². The van der Waals surface area contributed by atoms with E-state index in [1.165, 1.54) is 22.5 Å². The Morgan fingerprint density at radius 3 is 2.55 bits per heavy atom. The van der Waals surface area contributed by atoms with Gasteiger partial charge < -0.3 is 4.90 Å². The molecule has 0 saturated carbocycles. The van der Waals surface area contributed by atoms with Gasteiger partial charge in [-0.3, -0.25) is 0 Å². The van der Waals surface area contributed by atoms with Crippen molar-refractivity contribution in [2.75, 3.05) is 31.1 Å². The number of hydrogen-bond acceptors (Lipinski definition) is 5. The predicted octanol–water partition coefficient (Wildman–Crippen LogP) is 2.10. The van der Waals surface area contributed by atoms with Gasteiger partial charge >= 0.3 is 0 Å². The summed E-state index contributed by atoms with van der Waals surface area (Å²) in [4.78, 5) is 7.54. The quantitative estimate of drug-likeness (QED) is 0.858. The summed E-state index contributed by atoms with van der Waals surface area (Å²) in [6, 6.07) is 5.14. The first-order valence-electron chi connectivity index (χ1n) is 6.90. The van der Waals surface area contributed by atoms with Crippen molar-refractivity contribution in [2.24, 2.45) is 0 Å². The molecule has 22 heavy (non-hydrogen) atoms. The van der Waals surface area contributed by atoms with Gasteiger partial charge in [0.2, 0.25) is 10.0 Å². The molecule has 0 bridgehead atoms. The van der Waals surface area contributed by atoms with E-state index in [1.54, 1.807) is 11.3 Å². The molecule has 1 aliphatic heterocycles. The molecule has 2 heterocycles. The van der Waals surface area contributed by atoms with Crippen LogP contribution in [0.25, 0.3) is 0 Å². The topological polar surface area (TPSA) is 53.5 Å². The molecule has 0 spiro atoms. The summed E-state index contributed by atoms with van der Waals surface area (Å²) in [5, 5.41) is 0.917. The number of rotatable bonds is 3. The third-order valence-electron chi connectivity index (χ3n) is 3.55. The van der Waals surface area contributed by atoms with Gasteiger partial charge in [-0.1, -0.05) is 6.07 Å². The number of hydrogen-bond donors (Lipinski definition) is 0. The lowest BCUT2D eigenvalue weighted by atomic mass is 10.4. The smallest absolute Gasteiger partial charge is 0.243 e. The summed E-state index contributed by atoms with van der Waals surface area (Å²) < 4.78 is 39.7. The molecular formula is C14H16FN3O2S2. The Hall–Kier alpha value is -1.51. The van der Waals surface area contributed by atoms with Gasteiger partial charge in [0, 0.05) is 37.3 Å². The fourth-order valence-corrected chi connectivity index (χ4v) is 4.65. The molecule has 1 aromatic heterocycles. The molecule has 1 saturated heterocycles. The number of sulfonamides is 1. The number of benzene rings is 1. The van der Waals surface area contributed by atoms with E-state index in [0.717, 1.165) is 16.1 Å². The Morgan fingerprint density at radius 1 is 1.23 bits per heavy atom. The standard InChI is InChI=1S/C14H16FN3O2S2/c1-11-10-16-14(21-11)17-5-7-18(8-6-17)22(19,20)13-4-2-3-12(15)9-13/h2-4,9-10H,5-8H2,1H3. The maximum absolute atomic E-state index is 13.3. The van der Waals surface area contributed by atoms with Crippen molar-refractivity contribution in [3.63, 3.8) is 0 Å². The molecule has 118 valence electrons. The van der Waals surface area contributed by atoms with Gasteiger partial charge in [0.1, 0.15) is 5.82 Å². The van der Waals surface area contributed by atoms with Crippen molar-refractivity contribution in [3.05, 3.63) is 41.2 Å². The summed E-state index contributed by atoms with van der Waals surface area (Å²) in [5.74, 6) is -0.544. The van der Waals surface area contributed by atoms with Crippen LogP contribution in [0.4, 0.5) is 9.52 Å². The Morgan fingerprint density at radius 2 is 1.95 bits per heavy atom. The minimum atomic E-state index is -3.64. The van der Waals surface area contributed by atoms with Crippen molar-refractivity contribution in [2.45, 2.75) is 11.8 Å². The Balaban J connectivity index is 1.73. The summed E-state index contributed by atoms with van der Waals surface area (Å²) in [6.07, 6.45) is 1.82. The molecular weight excluding hydrogens is 325 g/mol. The van der Waals surface area contributed by atoms with Gasteiger partial charge in [0.15, 0.2) is 5.13 Å². The predicted molar refractivity (Wildman–Crippen MR) is 84.2 cm³/mol. The SMILES string of the molecule is Cc1cnc(N2CCN(S(=O)(=O)c3cccc(F)c3)CC2)s1. The van der Waals surface area contributed by atoms with Crippen LogP contribution in [0, 0.1) is 12.7 Å². The van der Waals surface area contributed by atoms with E-state index < -0.39 is 15.8 Å². The van der Waals surface area contributed by atoms with Crippen molar-refractivity contribution in [3.8, 4) is 0 Å². The van der Waals surface area contributed by atoms with E-state index in [-0.39, 0.29) is 4.90 Å². The van der Waals surface area contributed by atoms with Crippen LogP contribution in [0.3, 0.4) is 0 Å². The van der Waals surface area contributed by atoms with Gasteiger partial charge in [-0.2, -0.15) is 4.31 Å². The van der Waals surface area contributed by atoms with Gasteiger partial charge in [0.25, 0.3) is 0 Å². The Kier molecular flexibility index (Phi) is 4.16. The summed E-state index contributed by atoms with van der Waals surface area (Å²) in [5.41, 5.74) is 0. The van der Waals surface area contributed by atoms with Crippen LogP contribution >= 0.6 is 11.3 Å². The van der Waals surface area contributed by atoms with E-state index in [4.69, 9.17) is 0 Å². The number of aryl methyl sites for hydroxylation is 1. The van der Waals surface area contributed by atoms with Crippen molar-refractivity contribution in [1.29, 1.82) is 0 Å². The van der Waals surface area contributed by atoms with Gasteiger partial charge in [0.05, 0.1) is 4.90 Å². The molecule has 0 unspecified atom stereocenters. The minimum absolute atomic E-state index is 0.00560. The van der Waals surface area contributed by atoms with Crippen LogP contribution in [0.5, 0.6) is 0 Å². The van der Waals surface area contributed by atoms with Crippen LogP contribution in [0.2, 0.25) is 0 Å². The molecule has 2 aromatic rings. The summed E-state index contributed by atoms with van der Waals surface area (Å²) in [6.45, 7) is 3.91. The number of halogens is 1. The highest BCUT2D eigenvalue weighted by Gasteiger charge is 2.29. The van der Waals surface area contributed by atoms with Gasteiger partial charge in [-0.25, -0.2) is 17.8 Å². The fraction of sp³-hybridized carbons (Fsp3) is 0.357. The number of anilines is 1. The van der Waals surface area contributed by atoms with Crippen LogP contribution in [0.15, 0.2) is 35.4 Å². The first-order valence-corrected chi connectivity index (χ1v) is 9.15. The van der Waals surface area contributed by atoms with E-state index in [9.17, 15) is 12.8 Å². The molecule has 0 amide bonds. The number of thiazole rings is 1. The second kappa shape index (κ2) is 5.94. The van der Waals surface area contributed by atoms with E-state index in [2.05, 4.69) is 9.88 Å². The van der Waals surface area contributed by atoms with Crippen LogP contribution < -0.4 is 4.90 Å². The monoisotopic (exact) mass is 341 g/mol. The molecule has 0 radical (unpaired) electrons. The van der Waals surface area contributed by atoms with Crippen molar-refractivity contribution >= 4 is 26.5 Å². The molecule has 1 fully saturated rings. The molecule has 3 rings (SSSR count). The minimum Gasteiger partial charge on any atom is -0.345 e. The summed E-state index contributed by atoms with van der Waals surface area (Å²) >= 11 is 1.60. The maximum Gasteiger partial charge on any atom is 0.243 e.